The Bertz CT molecular complexity index is 351. The van der Waals surface area contributed by atoms with Crippen LogP contribution in [0.5, 0.6) is 0 Å². The van der Waals surface area contributed by atoms with Crippen LogP contribution in [0.15, 0.2) is 0 Å². The van der Waals surface area contributed by atoms with E-state index in [9.17, 15) is 9.00 Å². The quantitative estimate of drug-likeness (QED) is 0.820. The van der Waals surface area contributed by atoms with Crippen LogP contribution in [-0.2, 0) is 14.5 Å². The van der Waals surface area contributed by atoms with Crippen LogP contribution in [0.4, 0.5) is 0 Å². The summed E-state index contributed by atoms with van der Waals surface area (Å²) in [4.78, 5) is 13.7. The van der Waals surface area contributed by atoms with E-state index in [1.165, 1.54) is 0 Å². The highest BCUT2D eigenvalue weighted by Crippen LogP contribution is 2.19. The summed E-state index contributed by atoms with van der Waals surface area (Å²) in [5.41, 5.74) is 0. The molecule has 0 aliphatic carbocycles. The molecule has 1 rings (SSSR count). The minimum atomic E-state index is -2.41. The monoisotopic (exact) mass is 246 g/mol. The van der Waals surface area contributed by atoms with Crippen molar-refractivity contribution in [2.45, 2.75) is 39.2 Å². The molecule has 1 fully saturated rings. The third-order valence-electron chi connectivity index (χ3n) is 3.28. The molecule has 94 valence electrons. The van der Waals surface area contributed by atoms with Gasteiger partial charge in [-0.15, -0.1) is 0 Å². The Morgan fingerprint density at radius 2 is 2.25 bits per heavy atom. The van der Waals surface area contributed by atoms with E-state index >= 15 is 0 Å². The average molecular weight is 246 g/mol. The summed E-state index contributed by atoms with van der Waals surface area (Å²) < 4.78 is 19.1. The Morgan fingerprint density at radius 1 is 1.62 bits per heavy atom. The normalized spacial score (nSPS) is 31.3. The summed E-state index contributed by atoms with van der Waals surface area (Å²) in [7, 11) is -0.628. The maximum atomic E-state index is 12.0. The van der Waals surface area contributed by atoms with Crippen molar-refractivity contribution in [2.75, 3.05) is 18.6 Å². The van der Waals surface area contributed by atoms with Crippen molar-refractivity contribution in [1.82, 2.24) is 4.90 Å². The Morgan fingerprint density at radius 3 is 2.69 bits per heavy atom. The van der Waals surface area contributed by atoms with E-state index in [4.69, 9.17) is 4.78 Å². The molecule has 1 aliphatic rings. The molecule has 0 aromatic rings. The van der Waals surface area contributed by atoms with E-state index in [1.54, 1.807) is 11.9 Å². The van der Waals surface area contributed by atoms with Crippen LogP contribution in [0.1, 0.15) is 33.1 Å². The molecule has 0 spiro atoms. The van der Waals surface area contributed by atoms with Gasteiger partial charge in [-0.3, -0.25) is 9.57 Å². The van der Waals surface area contributed by atoms with Gasteiger partial charge in [0, 0.05) is 34.5 Å². The average Bonchev–Trinajstić information content (AvgIpc) is 2.57. The molecule has 0 radical (unpaired) electrons. The molecule has 3 atom stereocenters. The fraction of sp³-hybridized carbons (Fsp3) is 0.909. The van der Waals surface area contributed by atoms with E-state index in [-0.39, 0.29) is 17.9 Å². The third kappa shape index (κ3) is 3.20. The van der Waals surface area contributed by atoms with Crippen LogP contribution in [0, 0.1) is 10.7 Å². The molecule has 0 aromatic carbocycles. The predicted octanol–water partition coefficient (Wildman–Crippen LogP) is 1.70. The van der Waals surface area contributed by atoms with Crippen LogP contribution in [0.25, 0.3) is 0 Å². The lowest BCUT2D eigenvalue weighted by Crippen LogP contribution is -2.40. The number of hydrogen-bond acceptors (Lipinski definition) is 3. The van der Waals surface area contributed by atoms with Gasteiger partial charge in [0.1, 0.15) is 0 Å². The summed E-state index contributed by atoms with van der Waals surface area (Å²) in [6.45, 7) is 4.01. The number of rotatable bonds is 4. The first-order valence-corrected chi connectivity index (χ1v) is 7.78. The number of carbonyl (C=O) groups excluding carboxylic acids is 1. The first-order chi connectivity index (χ1) is 7.37. The van der Waals surface area contributed by atoms with Crippen molar-refractivity contribution in [3.63, 3.8) is 0 Å². The lowest BCUT2D eigenvalue weighted by atomic mass is 10.0. The van der Waals surface area contributed by atoms with Gasteiger partial charge >= 0.3 is 0 Å². The molecule has 16 heavy (non-hydrogen) atoms. The molecule has 0 saturated carbocycles. The van der Waals surface area contributed by atoms with Gasteiger partial charge in [-0.2, -0.15) is 0 Å². The van der Waals surface area contributed by atoms with Crippen molar-refractivity contribution in [1.29, 1.82) is 4.78 Å². The standard InChI is InChI=1S/C11H22N2O2S/c1-4-5-9(2)11(14)13(3)10-6-7-16(12,15)8-10/h9-10,12H,4-8H2,1-3H3. The van der Waals surface area contributed by atoms with Crippen molar-refractivity contribution < 1.29 is 9.00 Å². The number of nitrogens with one attached hydrogen (secondary N) is 1. The molecule has 1 amide bonds. The van der Waals surface area contributed by atoms with E-state index < -0.39 is 9.73 Å². The van der Waals surface area contributed by atoms with Crippen LogP contribution in [0.2, 0.25) is 0 Å². The minimum Gasteiger partial charge on any atom is -0.342 e. The van der Waals surface area contributed by atoms with E-state index in [0.717, 1.165) is 12.8 Å². The van der Waals surface area contributed by atoms with Crippen LogP contribution >= 0.6 is 0 Å². The van der Waals surface area contributed by atoms with Crippen LogP contribution < -0.4 is 0 Å². The fourth-order valence-corrected chi connectivity index (χ4v) is 4.02. The summed E-state index contributed by atoms with van der Waals surface area (Å²) in [6.07, 6.45) is 2.61. The molecular weight excluding hydrogens is 224 g/mol. The third-order valence-corrected chi connectivity index (χ3v) is 5.10. The Hall–Kier alpha value is -0.580. The van der Waals surface area contributed by atoms with Crippen LogP contribution in [0.3, 0.4) is 0 Å². The molecule has 4 nitrogen and oxygen atoms in total. The molecule has 5 heteroatoms. The van der Waals surface area contributed by atoms with Crippen LogP contribution in [-0.4, -0.2) is 39.6 Å². The zero-order valence-corrected chi connectivity index (χ0v) is 11.2. The smallest absolute Gasteiger partial charge is 0.225 e. The highest BCUT2D eigenvalue weighted by Gasteiger charge is 2.31. The molecule has 1 N–H and O–H groups in total. The molecule has 3 unspecified atom stereocenters. The molecule has 1 aliphatic heterocycles. The Balaban J connectivity index is 2.58. The number of hydrogen-bond donors (Lipinski definition) is 1. The predicted molar refractivity (Wildman–Crippen MR) is 65.8 cm³/mol. The summed E-state index contributed by atoms with van der Waals surface area (Å²) >= 11 is 0. The van der Waals surface area contributed by atoms with Gasteiger partial charge in [0.15, 0.2) is 0 Å². The second kappa shape index (κ2) is 5.17. The van der Waals surface area contributed by atoms with Gasteiger partial charge in [-0.05, 0) is 12.8 Å². The fourth-order valence-electron chi connectivity index (χ4n) is 2.19. The van der Waals surface area contributed by atoms with E-state index in [2.05, 4.69) is 6.92 Å². The summed E-state index contributed by atoms with van der Waals surface area (Å²) in [5, 5.41) is 0. The largest absolute Gasteiger partial charge is 0.342 e. The summed E-state index contributed by atoms with van der Waals surface area (Å²) in [6, 6.07) is 0.0109. The number of carbonyl (C=O) groups is 1. The zero-order valence-electron chi connectivity index (χ0n) is 10.4. The second-order valence-corrected chi connectivity index (χ2v) is 7.13. The first-order valence-electron chi connectivity index (χ1n) is 5.88. The lowest BCUT2D eigenvalue weighted by molar-refractivity contribution is -0.135. The Labute approximate surface area is 98.4 Å². The molecule has 1 saturated heterocycles. The van der Waals surface area contributed by atoms with Crippen molar-refractivity contribution >= 4 is 15.6 Å². The first kappa shape index (κ1) is 13.5. The Kier molecular flexibility index (Phi) is 4.35. The van der Waals surface area contributed by atoms with Gasteiger partial charge < -0.3 is 4.90 Å². The van der Waals surface area contributed by atoms with E-state index in [1.807, 2.05) is 6.92 Å². The lowest BCUT2D eigenvalue weighted by Gasteiger charge is -2.26. The van der Waals surface area contributed by atoms with Crippen molar-refractivity contribution in [2.24, 2.45) is 5.92 Å². The second-order valence-electron chi connectivity index (χ2n) is 4.76. The maximum Gasteiger partial charge on any atom is 0.225 e. The number of nitrogens with zero attached hydrogens (tertiary/aromatic N) is 1. The van der Waals surface area contributed by atoms with E-state index in [0.29, 0.717) is 17.9 Å². The van der Waals surface area contributed by atoms with Gasteiger partial charge in [0.2, 0.25) is 5.91 Å². The van der Waals surface area contributed by atoms with Crippen molar-refractivity contribution in [3.8, 4) is 0 Å². The minimum absolute atomic E-state index is 0.0109. The summed E-state index contributed by atoms with van der Waals surface area (Å²) in [5.74, 6) is 0.965. The number of amides is 1. The maximum absolute atomic E-state index is 12.0. The van der Waals surface area contributed by atoms with Gasteiger partial charge in [0.25, 0.3) is 0 Å². The van der Waals surface area contributed by atoms with Gasteiger partial charge in [-0.25, -0.2) is 4.21 Å². The molecule has 1 heterocycles. The topological polar surface area (TPSA) is 61.2 Å². The van der Waals surface area contributed by atoms with Gasteiger partial charge in [0.05, 0.1) is 5.75 Å². The van der Waals surface area contributed by atoms with Gasteiger partial charge in [-0.1, -0.05) is 20.3 Å². The SMILES string of the molecule is CCCC(C)C(=O)N(C)C1CCS(=N)(=O)C1. The zero-order chi connectivity index (χ0) is 12.3. The molecular formula is C11H22N2O2S. The molecule has 0 aromatic heterocycles. The van der Waals surface area contributed by atoms with Crippen molar-refractivity contribution in [3.05, 3.63) is 0 Å². The highest BCUT2D eigenvalue weighted by molar-refractivity contribution is 7.92. The highest BCUT2D eigenvalue weighted by atomic mass is 32.2. The molecule has 0 bridgehead atoms.